The van der Waals surface area contributed by atoms with Gasteiger partial charge in [0.15, 0.2) is 0 Å². The number of nitrogens with zero attached hydrogens (tertiary/aromatic N) is 1. The van der Waals surface area contributed by atoms with Gasteiger partial charge in [-0.05, 0) is 42.4 Å². The van der Waals surface area contributed by atoms with Crippen LogP contribution in [0.15, 0.2) is 24.3 Å². The number of ether oxygens (including phenoxy) is 1. The molecule has 3 nitrogen and oxygen atoms in total. The first-order chi connectivity index (χ1) is 9.29. The van der Waals surface area contributed by atoms with E-state index in [1.54, 1.807) is 0 Å². The quantitative estimate of drug-likeness (QED) is 0.789. The van der Waals surface area contributed by atoms with Gasteiger partial charge in [-0.15, -0.1) is 0 Å². The maximum absolute atomic E-state index is 6.30. The summed E-state index contributed by atoms with van der Waals surface area (Å²) in [6.07, 6.45) is 0. The van der Waals surface area contributed by atoms with Gasteiger partial charge < -0.3 is 14.1 Å². The molecule has 0 spiro atoms. The van der Waals surface area contributed by atoms with E-state index in [9.17, 15) is 0 Å². The molecule has 0 radical (unpaired) electrons. The Labute approximate surface area is 124 Å². The van der Waals surface area contributed by atoms with Crippen molar-refractivity contribution in [2.24, 2.45) is 0 Å². The molecule has 0 saturated carbocycles. The van der Waals surface area contributed by atoms with Crippen molar-refractivity contribution in [3.05, 3.63) is 24.3 Å². The van der Waals surface area contributed by atoms with Crippen LogP contribution in [0.25, 0.3) is 0 Å². The van der Waals surface area contributed by atoms with Crippen LogP contribution in [0.1, 0.15) is 20.8 Å². The predicted octanol–water partition coefficient (Wildman–Crippen LogP) is 3.91. The smallest absolute Gasteiger partial charge is 0.250 e. The highest BCUT2D eigenvalue weighted by Crippen LogP contribution is 2.37. The van der Waals surface area contributed by atoms with E-state index in [2.05, 4.69) is 63.0 Å². The van der Waals surface area contributed by atoms with Crippen molar-refractivity contribution in [2.45, 2.75) is 38.9 Å². The number of hydrogen-bond acceptors (Lipinski definition) is 3. The molecule has 0 bridgehead atoms. The fraction of sp³-hybridized carbons (Fsp3) is 0.625. The van der Waals surface area contributed by atoms with Crippen molar-refractivity contribution in [3.8, 4) is 5.75 Å². The second-order valence-corrected chi connectivity index (χ2v) is 11.7. The molecule has 0 aliphatic carbocycles. The Balaban J connectivity index is 2.05. The minimum atomic E-state index is -1.74. The van der Waals surface area contributed by atoms with E-state index in [0.717, 1.165) is 32.1 Å². The first-order valence-corrected chi connectivity index (χ1v) is 10.3. The third-order valence-corrected chi connectivity index (χ3v) is 8.75. The Kier molecular flexibility index (Phi) is 4.45. The molecule has 0 aromatic heterocycles. The van der Waals surface area contributed by atoms with E-state index in [0.29, 0.717) is 0 Å². The Morgan fingerprint density at radius 2 is 1.60 bits per heavy atom. The molecule has 4 heteroatoms. The minimum absolute atomic E-state index is 0.232. The van der Waals surface area contributed by atoms with Crippen LogP contribution in [0.5, 0.6) is 5.75 Å². The average molecular weight is 293 g/mol. The van der Waals surface area contributed by atoms with Gasteiger partial charge in [-0.1, -0.05) is 20.8 Å². The molecule has 0 N–H and O–H groups in total. The van der Waals surface area contributed by atoms with Crippen molar-refractivity contribution in [3.63, 3.8) is 0 Å². The van der Waals surface area contributed by atoms with E-state index in [1.165, 1.54) is 5.69 Å². The molecule has 1 aromatic rings. The summed E-state index contributed by atoms with van der Waals surface area (Å²) >= 11 is 0. The molecule has 1 aromatic carbocycles. The molecular formula is C16H27NO2Si. The lowest BCUT2D eigenvalue weighted by molar-refractivity contribution is 0.122. The summed E-state index contributed by atoms with van der Waals surface area (Å²) in [5, 5.41) is 0.232. The van der Waals surface area contributed by atoms with Gasteiger partial charge in [0, 0.05) is 18.8 Å². The second kappa shape index (κ2) is 5.78. The first kappa shape index (κ1) is 15.4. The standard InChI is InChI=1S/C16H27NO2Si/c1-16(2,3)20(4,5)19-15-8-6-14(7-9-15)17-10-12-18-13-11-17/h6-9H,10-13H2,1-5H3. The predicted molar refractivity (Wildman–Crippen MR) is 87.3 cm³/mol. The topological polar surface area (TPSA) is 21.7 Å². The number of morpholine rings is 1. The monoisotopic (exact) mass is 293 g/mol. The molecule has 1 saturated heterocycles. The van der Waals surface area contributed by atoms with Gasteiger partial charge in [-0.2, -0.15) is 0 Å². The molecule has 0 unspecified atom stereocenters. The van der Waals surface area contributed by atoms with Crippen LogP contribution in [0.2, 0.25) is 18.1 Å². The molecule has 112 valence electrons. The van der Waals surface area contributed by atoms with E-state index < -0.39 is 8.32 Å². The van der Waals surface area contributed by atoms with Crippen molar-refractivity contribution in [1.29, 1.82) is 0 Å². The normalized spacial score (nSPS) is 17.1. The van der Waals surface area contributed by atoms with Gasteiger partial charge in [0.05, 0.1) is 13.2 Å². The van der Waals surface area contributed by atoms with E-state index in [-0.39, 0.29) is 5.04 Å². The Morgan fingerprint density at radius 1 is 1.05 bits per heavy atom. The van der Waals surface area contributed by atoms with E-state index in [4.69, 9.17) is 9.16 Å². The van der Waals surface area contributed by atoms with Crippen molar-refractivity contribution in [2.75, 3.05) is 31.2 Å². The fourth-order valence-electron chi connectivity index (χ4n) is 1.99. The number of hydrogen-bond donors (Lipinski definition) is 0. The van der Waals surface area contributed by atoms with Gasteiger partial charge in [0.25, 0.3) is 0 Å². The average Bonchev–Trinajstić information content (AvgIpc) is 2.39. The molecule has 1 heterocycles. The molecule has 1 aliphatic rings. The van der Waals surface area contributed by atoms with Crippen LogP contribution < -0.4 is 9.33 Å². The van der Waals surface area contributed by atoms with Crippen LogP contribution >= 0.6 is 0 Å². The van der Waals surface area contributed by atoms with Gasteiger partial charge in [-0.25, -0.2) is 0 Å². The second-order valence-electron chi connectivity index (χ2n) is 6.96. The third-order valence-electron chi connectivity index (χ3n) is 4.39. The maximum Gasteiger partial charge on any atom is 0.250 e. The van der Waals surface area contributed by atoms with Gasteiger partial charge in [0.2, 0.25) is 8.32 Å². The first-order valence-electron chi connectivity index (χ1n) is 7.41. The van der Waals surface area contributed by atoms with Crippen molar-refractivity contribution in [1.82, 2.24) is 0 Å². The summed E-state index contributed by atoms with van der Waals surface area (Å²) in [5.41, 5.74) is 1.26. The lowest BCUT2D eigenvalue weighted by Gasteiger charge is -2.36. The zero-order chi connectivity index (χ0) is 14.8. The Hall–Kier alpha value is -1.00. The van der Waals surface area contributed by atoms with Crippen LogP contribution in [-0.4, -0.2) is 34.6 Å². The molecule has 0 amide bonds. The highest BCUT2D eigenvalue weighted by molar-refractivity contribution is 6.74. The van der Waals surface area contributed by atoms with Gasteiger partial charge in [0.1, 0.15) is 5.75 Å². The number of rotatable bonds is 3. The summed E-state index contributed by atoms with van der Waals surface area (Å²) in [6.45, 7) is 14.9. The molecular weight excluding hydrogens is 266 g/mol. The van der Waals surface area contributed by atoms with E-state index in [1.807, 2.05) is 0 Å². The largest absolute Gasteiger partial charge is 0.544 e. The fourth-order valence-corrected chi connectivity index (χ4v) is 3.03. The van der Waals surface area contributed by atoms with E-state index >= 15 is 0 Å². The lowest BCUT2D eigenvalue weighted by Crippen LogP contribution is -2.43. The van der Waals surface area contributed by atoms with Crippen molar-refractivity contribution >= 4 is 14.0 Å². The summed E-state index contributed by atoms with van der Waals surface area (Å²) < 4.78 is 11.7. The Morgan fingerprint density at radius 3 is 2.10 bits per heavy atom. The molecule has 1 aliphatic heterocycles. The summed E-state index contributed by atoms with van der Waals surface area (Å²) in [6, 6.07) is 8.53. The minimum Gasteiger partial charge on any atom is -0.544 e. The Bertz CT molecular complexity index is 431. The molecule has 1 fully saturated rings. The molecule has 20 heavy (non-hydrogen) atoms. The lowest BCUT2D eigenvalue weighted by atomic mass is 10.2. The SMILES string of the molecule is CC(C)(C)[Si](C)(C)Oc1ccc(N2CCOCC2)cc1. The summed E-state index contributed by atoms with van der Waals surface area (Å²) in [5.74, 6) is 0.994. The van der Waals surface area contributed by atoms with Gasteiger partial charge >= 0.3 is 0 Å². The van der Waals surface area contributed by atoms with Crippen LogP contribution in [0.4, 0.5) is 5.69 Å². The summed E-state index contributed by atoms with van der Waals surface area (Å²) in [4.78, 5) is 2.36. The zero-order valence-electron chi connectivity index (χ0n) is 13.4. The highest BCUT2D eigenvalue weighted by Gasteiger charge is 2.38. The highest BCUT2D eigenvalue weighted by atomic mass is 28.4. The van der Waals surface area contributed by atoms with Gasteiger partial charge in [-0.3, -0.25) is 0 Å². The number of benzene rings is 1. The number of anilines is 1. The molecule has 0 atom stereocenters. The van der Waals surface area contributed by atoms with Crippen molar-refractivity contribution < 1.29 is 9.16 Å². The molecule has 2 rings (SSSR count). The maximum atomic E-state index is 6.30. The summed E-state index contributed by atoms with van der Waals surface area (Å²) in [7, 11) is -1.74. The zero-order valence-corrected chi connectivity index (χ0v) is 14.4. The van der Waals surface area contributed by atoms with Crippen LogP contribution in [-0.2, 0) is 4.74 Å². The van der Waals surface area contributed by atoms with Crippen LogP contribution in [0.3, 0.4) is 0 Å². The third kappa shape index (κ3) is 3.55. The van der Waals surface area contributed by atoms with Crippen LogP contribution in [0, 0.1) is 0 Å².